The number of nitrogens with one attached hydrogen (secondary N) is 1. The largest absolute Gasteiger partial charge is 0.490 e. The van der Waals surface area contributed by atoms with Gasteiger partial charge in [0.05, 0.1) is 21.7 Å². The predicted octanol–water partition coefficient (Wildman–Crippen LogP) is 7.22. The molecular formula is C24H24Cl3NO2. The SMILES string of the molecule is CCOc1cc(CNCc2ccc(C)cc2)cc(Cl)c1OCc1ccc(Cl)c(Cl)c1. The first-order chi connectivity index (χ1) is 14.5. The van der Waals surface area contributed by atoms with Gasteiger partial charge in [0, 0.05) is 13.1 Å². The third-order valence-corrected chi connectivity index (χ3v) is 5.53. The summed E-state index contributed by atoms with van der Waals surface area (Å²) in [5.74, 6) is 1.14. The highest BCUT2D eigenvalue weighted by Crippen LogP contribution is 2.37. The fourth-order valence-corrected chi connectivity index (χ4v) is 3.58. The van der Waals surface area contributed by atoms with Gasteiger partial charge >= 0.3 is 0 Å². The van der Waals surface area contributed by atoms with Gasteiger partial charge in [-0.3, -0.25) is 0 Å². The molecule has 0 saturated carbocycles. The molecule has 158 valence electrons. The maximum absolute atomic E-state index is 6.53. The molecule has 3 aromatic rings. The minimum atomic E-state index is 0.307. The smallest absolute Gasteiger partial charge is 0.180 e. The molecule has 3 nitrogen and oxygen atoms in total. The summed E-state index contributed by atoms with van der Waals surface area (Å²) >= 11 is 18.6. The third-order valence-electron chi connectivity index (χ3n) is 4.52. The molecule has 3 rings (SSSR count). The molecule has 0 unspecified atom stereocenters. The molecule has 0 amide bonds. The Bertz CT molecular complexity index is 990. The maximum Gasteiger partial charge on any atom is 0.180 e. The van der Waals surface area contributed by atoms with Gasteiger partial charge in [0.2, 0.25) is 0 Å². The van der Waals surface area contributed by atoms with E-state index in [-0.39, 0.29) is 0 Å². The van der Waals surface area contributed by atoms with Crippen LogP contribution in [-0.2, 0) is 19.7 Å². The third kappa shape index (κ3) is 6.29. The zero-order valence-electron chi connectivity index (χ0n) is 17.0. The van der Waals surface area contributed by atoms with Gasteiger partial charge in [-0.2, -0.15) is 0 Å². The van der Waals surface area contributed by atoms with E-state index < -0.39 is 0 Å². The Morgan fingerprint density at radius 2 is 1.40 bits per heavy atom. The topological polar surface area (TPSA) is 30.5 Å². The van der Waals surface area contributed by atoms with E-state index in [1.165, 1.54) is 11.1 Å². The van der Waals surface area contributed by atoms with Crippen LogP contribution in [0.15, 0.2) is 54.6 Å². The summed E-state index contributed by atoms with van der Waals surface area (Å²) in [7, 11) is 0. The van der Waals surface area contributed by atoms with E-state index in [1.54, 1.807) is 12.1 Å². The number of ether oxygens (including phenoxy) is 2. The van der Waals surface area contributed by atoms with Crippen LogP contribution in [-0.4, -0.2) is 6.61 Å². The van der Waals surface area contributed by atoms with Gasteiger partial charge in [-0.1, -0.05) is 70.7 Å². The second kappa shape index (κ2) is 10.9. The summed E-state index contributed by atoms with van der Waals surface area (Å²) in [6, 6.07) is 17.7. The van der Waals surface area contributed by atoms with Crippen LogP contribution >= 0.6 is 34.8 Å². The van der Waals surface area contributed by atoms with Gasteiger partial charge < -0.3 is 14.8 Å². The average molecular weight is 465 g/mol. The molecule has 0 saturated heterocycles. The Balaban J connectivity index is 1.68. The summed E-state index contributed by atoms with van der Waals surface area (Å²) in [5.41, 5.74) is 4.41. The molecule has 0 radical (unpaired) electrons. The van der Waals surface area contributed by atoms with Crippen molar-refractivity contribution in [2.75, 3.05) is 6.61 Å². The highest BCUT2D eigenvalue weighted by Gasteiger charge is 2.13. The van der Waals surface area contributed by atoms with Crippen LogP contribution in [0.25, 0.3) is 0 Å². The van der Waals surface area contributed by atoms with Crippen molar-refractivity contribution < 1.29 is 9.47 Å². The molecule has 30 heavy (non-hydrogen) atoms. The summed E-state index contributed by atoms with van der Waals surface area (Å²) < 4.78 is 11.7. The summed E-state index contributed by atoms with van der Waals surface area (Å²) in [4.78, 5) is 0. The molecule has 0 aliphatic heterocycles. The molecule has 6 heteroatoms. The van der Waals surface area contributed by atoms with Crippen LogP contribution in [0, 0.1) is 6.92 Å². The fraction of sp³-hybridized carbons (Fsp3) is 0.250. The number of rotatable bonds is 9. The van der Waals surface area contributed by atoms with Crippen molar-refractivity contribution in [1.29, 1.82) is 0 Å². The number of hydrogen-bond donors (Lipinski definition) is 1. The highest BCUT2D eigenvalue weighted by molar-refractivity contribution is 6.42. The quantitative estimate of drug-likeness (QED) is 0.362. The maximum atomic E-state index is 6.53. The Kier molecular flexibility index (Phi) is 8.29. The molecule has 0 aliphatic carbocycles. The molecule has 3 aromatic carbocycles. The predicted molar refractivity (Wildman–Crippen MR) is 125 cm³/mol. The normalized spacial score (nSPS) is 10.8. The lowest BCUT2D eigenvalue weighted by Gasteiger charge is -2.16. The fourth-order valence-electron chi connectivity index (χ4n) is 2.97. The van der Waals surface area contributed by atoms with Gasteiger partial charge in [-0.05, 0) is 54.8 Å². The van der Waals surface area contributed by atoms with E-state index in [1.807, 2.05) is 25.1 Å². The first-order valence-electron chi connectivity index (χ1n) is 9.74. The van der Waals surface area contributed by atoms with Crippen LogP contribution in [0.2, 0.25) is 15.1 Å². The number of benzene rings is 3. The molecular weight excluding hydrogens is 441 g/mol. The minimum Gasteiger partial charge on any atom is -0.490 e. The van der Waals surface area contributed by atoms with E-state index in [9.17, 15) is 0 Å². The Morgan fingerprint density at radius 1 is 0.733 bits per heavy atom. The molecule has 0 bridgehead atoms. The van der Waals surface area contributed by atoms with Crippen molar-refractivity contribution >= 4 is 34.8 Å². The van der Waals surface area contributed by atoms with Gasteiger partial charge in [-0.15, -0.1) is 0 Å². The lowest BCUT2D eigenvalue weighted by atomic mass is 10.1. The van der Waals surface area contributed by atoms with E-state index >= 15 is 0 Å². The Hall–Kier alpha value is -1.91. The van der Waals surface area contributed by atoms with Crippen molar-refractivity contribution in [3.8, 4) is 11.5 Å². The molecule has 0 aliphatic rings. The highest BCUT2D eigenvalue weighted by atomic mass is 35.5. The van der Waals surface area contributed by atoms with Crippen molar-refractivity contribution in [1.82, 2.24) is 5.32 Å². The molecule has 0 fully saturated rings. The number of hydrogen-bond acceptors (Lipinski definition) is 3. The standard InChI is InChI=1S/C24H24Cl3NO2/c1-3-29-23-12-19(14-28-13-17-6-4-16(2)5-7-17)11-22(27)24(23)30-15-18-8-9-20(25)21(26)10-18/h4-12,28H,3,13-15H2,1-2H3. The van der Waals surface area contributed by atoms with Gasteiger partial charge in [0.1, 0.15) is 6.61 Å². The minimum absolute atomic E-state index is 0.307. The second-order valence-corrected chi connectivity index (χ2v) is 8.19. The van der Waals surface area contributed by atoms with E-state index in [0.717, 1.165) is 17.7 Å². The Labute approximate surface area is 192 Å². The summed E-state index contributed by atoms with van der Waals surface area (Å²) in [6.45, 7) is 6.28. The lowest BCUT2D eigenvalue weighted by molar-refractivity contribution is 0.269. The first kappa shape index (κ1) is 22.8. The van der Waals surface area contributed by atoms with Crippen LogP contribution in [0.5, 0.6) is 11.5 Å². The molecule has 0 heterocycles. The molecule has 0 aromatic heterocycles. The zero-order chi connectivity index (χ0) is 21.5. The zero-order valence-corrected chi connectivity index (χ0v) is 19.2. The van der Waals surface area contributed by atoms with E-state index in [2.05, 4.69) is 36.5 Å². The van der Waals surface area contributed by atoms with Crippen molar-refractivity contribution in [3.05, 3.63) is 91.9 Å². The van der Waals surface area contributed by atoms with Crippen LogP contribution in [0.1, 0.15) is 29.2 Å². The first-order valence-corrected chi connectivity index (χ1v) is 10.9. The van der Waals surface area contributed by atoms with Crippen molar-refractivity contribution in [3.63, 3.8) is 0 Å². The van der Waals surface area contributed by atoms with Gasteiger partial charge in [-0.25, -0.2) is 0 Å². The Morgan fingerprint density at radius 3 is 2.10 bits per heavy atom. The number of aryl methyl sites for hydroxylation is 1. The average Bonchev–Trinajstić information content (AvgIpc) is 2.72. The molecule has 0 atom stereocenters. The second-order valence-electron chi connectivity index (χ2n) is 6.96. The number of halogens is 3. The summed E-state index contributed by atoms with van der Waals surface area (Å²) in [6.07, 6.45) is 0. The van der Waals surface area contributed by atoms with Crippen molar-refractivity contribution in [2.24, 2.45) is 0 Å². The molecule has 1 N–H and O–H groups in total. The van der Waals surface area contributed by atoms with Gasteiger partial charge in [0.15, 0.2) is 11.5 Å². The van der Waals surface area contributed by atoms with Crippen LogP contribution in [0.3, 0.4) is 0 Å². The van der Waals surface area contributed by atoms with Crippen LogP contribution < -0.4 is 14.8 Å². The van der Waals surface area contributed by atoms with E-state index in [0.29, 0.717) is 46.3 Å². The van der Waals surface area contributed by atoms with E-state index in [4.69, 9.17) is 44.3 Å². The monoisotopic (exact) mass is 463 g/mol. The van der Waals surface area contributed by atoms with Crippen LogP contribution in [0.4, 0.5) is 0 Å². The summed E-state index contributed by atoms with van der Waals surface area (Å²) in [5, 5.41) is 4.95. The lowest BCUT2D eigenvalue weighted by Crippen LogP contribution is -2.13. The van der Waals surface area contributed by atoms with Crippen molar-refractivity contribution in [2.45, 2.75) is 33.5 Å². The molecule has 0 spiro atoms. The van der Waals surface area contributed by atoms with Gasteiger partial charge in [0.25, 0.3) is 0 Å².